The van der Waals surface area contributed by atoms with E-state index in [0.717, 1.165) is 12.2 Å². The summed E-state index contributed by atoms with van der Waals surface area (Å²) in [7, 11) is 4.07. The largest absolute Gasteiger partial charge is 0.325 e. The second kappa shape index (κ2) is 6.68. The normalized spacial score (nSPS) is 11.7. The molecular weight excluding hydrogens is 238 g/mol. The smallest absolute Gasteiger partial charge is 0.238 e. The van der Waals surface area contributed by atoms with E-state index in [1.54, 1.807) is 0 Å². The van der Waals surface area contributed by atoms with Crippen LogP contribution < -0.4 is 10.6 Å². The average molecular weight is 263 g/mol. The van der Waals surface area contributed by atoms with Crippen molar-refractivity contribution in [3.8, 4) is 0 Å². The Morgan fingerprint density at radius 1 is 1.21 bits per heavy atom. The van der Waals surface area contributed by atoms with E-state index in [9.17, 15) is 4.79 Å². The molecule has 1 aromatic carbocycles. The number of benzene rings is 1. The number of nitrogens with one attached hydrogen (secondary N) is 2. The van der Waals surface area contributed by atoms with Crippen molar-refractivity contribution in [3.63, 3.8) is 0 Å². The lowest BCUT2D eigenvalue weighted by atomic mass is 10.0. The Morgan fingerprint density at radius 2 is 1.79 bits per heavy atom. The molecule has 0 aliphatic heterocycles. The number of carbonyl (C=O) groups excluding carboxylic acids is 1. The summed E-state index contributed by atoms with van der Waals surface area (Å²) in [5, 5.41) is 6.05. The molecule has 1 amide bonds. The van der Waals surface area contributed by atoms with Crippen molar-refractivity contribution in [3.05, 3.63) is 29.8 Å². The van der Waals surface area contributed by atoms with Crippen molar-refractivity contribution in [2.75, 3.05) is 32.5 Å². The molecule has 19 heavy (non-hydrogen) atoms. The molecule has 4 nitrogen and oxygen atoms in total. The van der Waals surface area contributed by atoms with Gasteiger partial charge in [-0.15, -0.1) is 0 Å². The van der Waals surface area contributed by atoms with Gasteiger partial charge in [0, 0.05) is 17.8 Å². The van der Waals surface area contributed by atoms with E-state index in [1.165, 1.54) is 5.56 Å². The molecule has 0 heterocycles. The molecule has 2 N–H and O–H groups in total. The minimum absolute atomic E-state index is 0.0154. The molecule has 0 spiro atoms. The first kappa shape index (κ1) is 15.7. The standard InChI is InChI=1S/C15H25N3O/c1-12-6-8-13(9-7-12)17-14(19)10-16-11-15(2,3)18(4)5/h6-9,16H,10-11H2,1-5H3,(H,17,19). The minimum atomic E-state index is -0.0154. The van der Waals surface area contributed by atoms with E-state index in [4.69, 9.17) is 0 Å². The van der Waals surface area contributed by atoms with E-state index in [2.05, 4.69) is 29.4 Å². The van der Waals surface area contributed by atoms with Crippen LogP contribution in [0.1, 0.15) is 19.4 Å². The first-order chi connectivity index (χ1) is 8.81. The van der Waals surface area contributed by atoms with Crippen LogP contribution in [0.2, 0.25) is 0 Å². The fourth-order valence-corrected chi connectivity index (χ4v) is 1.48. The van der Waals surface area contributed by atoms with Crippen molar-refractivity contribution in [1.82, 2.24) is 10.2 Å². The summed E-state index contributed by atoms with van der Waals surface area (Å²) >= 11 is 0. The number of nitrogens with zero attached hydrogens (tertiary/aromatic N) is 1. The van der Waals surface area contributed by atoms with Crippen molar-refractivity contribution in [2.24, 2.45) is 0 Å². The molecule has 0 saturated carbocycles. The quantitative estimate of drug-likeness (QED) is 0.823. The summed E-state index contributed by atoms with van der Waals surface area (Å²) in [6.07, 6.45) is 0. The zero-order valence-corrected chi connectivity index (χ0v) is 12.6. The van der Waals surface area contributed by atoms with Crippen LogP contribution in [0, 0.1) is 6.92 Å². The molecule has 0 radical (unpaired) electrons. The number of anilines is 1. The molecule has 0 unspecified atom stereocenters. The molecule has 0 aliphatic rings. The summed E-state index contributed by atoms with van der Waals surface area (Å²) in [5.41, 5.74) is 2.05. The number of likely N-dealkylation sites (N-methyl/N-ethyl adjacent to an activating group) is 1. The van der Waals surface area contributed by atoms with Crippen LogP contribution >= 0.6 is 0 Å². The lowest BCUT2D eigenvalue weighted by molar-refractivity contribution is -0.115. The lowest BCUT2D eigenvalue weighted by Crippen LogP contribution is -2.48. The van der Waals surface area contributed by atoms with Gasteiger partial charge in [-0.05, 0) is 47.0 Å². The molecule has 0 aromatic heterocycles. The van der Waals surface area contributed by atoms with E-state index < -0.39 is 0 Å². The van der Waals surface area contributed by atoms with Crippen LogP contribution in [0.25, 0.3) is 0 Å². The highest BCUT2D eigenvalue weighted by Gasteiger charge is 2.19. The van der Waals surface area contributed by atoms with E-state index >= 15 is 0 Å². The number of aryl methyl sites for hydroxylation is 1. The predicted molar refractivity (Wildman–Crippen MR) is 80.4 cm³/mol. The summed E-state index contributed by atoms with van der Waals surface area (Å²) in [5.74, 6) is -0.0154. The van der Waals surface area contributed by atoms with E-state index in [0.29, 0.717) is 6.54 Å². The lowest BCUT2D eigenvalue weighted by Gasteiger charge is -2.32. The third-order valence-corrected chi connectivity index (χ3v) is 3.39. The summed E-state index contributed by atoms with van der Waals surface area (Å²) in [6, 6.07) is 7.80. The number of rotatable bonds is 6. The van der Waals surface area contributed by atoms with Crippen LogP contribution in [-0.4, -0.2) is 43.5 Å². The monoisotopic (exact) mass is 263 g/mol. The van der Waals surface area contributed by atoms with Gasteiger partial charge in [0.2, 0.25) is 5.91 Å². The van der Waals surface area contributed by atoms with Gasteiger partial charge in [0.1, 0.15) is 0 Å². The summed E-state index contributed by atoms with van der Waals surface area (Å²) in [4.78, 5) is 13.9. The average Bonchev–Trinajstić information content (AvgIpc) is 2.31. The third kappa shape index (κ3) is 5.41. The number of hydrogen-bond donors (Lipinski definition) is 2. The maximum atomic E-state index is 11.8. The molecule has 4 heteroatoms. The van der Waals surface area contributed by atoms with E-state index in [-0.39, 0.29) is 11.4 Å². The zero-order valence-electron chi connectivity index (χ0n) is 12.6. The minimum Gasteiger partial charge on any atom is -0.325 e. The van der Waals surface area contributed by atoms with Gasteiger partial charge in [-0.3, -0.25) is 4.79 Å². The number of carbonyl (C=O) groups is 1. The van der Waals surface area contributed by atoms with Gasteiger partial charge >= 0.3 is 0 Å². The van der Waals surface area contributed by atoms with Crippen LogP contribution in [-0.2, 0) is 4.79 Å². The number of amides is 1. The molecule has 106 valence electrons. The second-order valence-electron chi connectivity index (χ2n) is 5.72. The zero-order chi connectivity index (χ0) is 14.5. The van der Waals surface area contributed by atoms with Gasteiger partial charge in [0.05, 0.1) is 6.54 Å². The predicted octanol–water partition coefficient (Wildman–Crippen LogP) is 1.86. The Balaban J connectivity index is 2.34. The SMILES string of the molecule is Cc1ccc(NC(=O)CNCC(C)(C)N(C)C)cc1. The Hall–Kier alpha value is -1.39. The highest BCUT2D eigenvalue weighted by atomic mass is 16.1. The molecule has 1 aromatic rings. The maximum absolute atomic E-state index is 11.8. The fraction of sp³-hybridized carbons (Fsp3) is 0.533. The molecule has 0 atom stereocenters. The van der Waals surface area contributed by atoms with Crippen LogP contribution in [0.15, 0.2) is 24.3 Å². The van der Waals surface area contributed by atoms with Crippen LogP contribution in [0.5, 0.6) is 0 Å². The fourth-order valence-electron chi connectivity index (χ4n) is 1.48. The van der Waals surface area contributed by atoms with Crippen molar-refractivity contribution in [1.29, 1.82) is 0 Å². The third-order valence-electron chi connectivity index (χ3n) is 3.39. The maximum Gasteiger partial charge on any atom is 0.238 e. The van der Waals surface area contributed by atoms with Crippen molar-refractivity contribution < 1.29 is 4.79 Å². The van der Waals surface area contributed by atoms with Crippen molar-refractivity contribution >= 4 is 11.6 Å². The molecule has 0 fully saturated rings. The first-order valence-corrected chi connectivity index (χ1v) is 6.56. The van der Waals surface area contributed by atoms with Crippen LogP contribution in [0.3, 0.4) is 0 Å². The Morgan fingerprint density at radius 3 is 2.32 bits per heavy atom. The second-order valence-corrected chi connectivity index (χ2v) is 5.72. The molecule has 0 aliphatic carbocycles. The molecule has 0 bridgehead atoms. The highest BCUT2D eigenvalue weighted by molar-refractivity contribution is 5.92. The van der Waals surface area contributed by atoms with E-state index in [1.807, 2.05) is 45.3 Å². The van der Waals surface area contributed by atoms with Gasteiger partial charge < -0.3 is 15.5 Å². The molecule has 0 saturated heterocycles. The van der Waals surface area contributed by atoms with Crippen molar-refractivity contribution in [2.45, 2.75) is 26.3 Å². The summed E-state index contributed by atoms with van der Waals surface area (Å²) < 4.78 is 0. The topological polar surface area (TPSA) is 44.4 Å². The molecule has 1 rings (SSSR count). The van der Waals surface area contributed by atoms with Gasteiger partial charge in [-0.2, -0.15) is 0 Å². The Kier molecular flexibility index (Phi) is 5.51. The highest BCUT2D eigenvalue weighted by Crippen LogP contribution is 2.09. The van der Waals surface area contributed by atoms with Gasteiger partial charge in [0.25, 0.3) is 0 Å². The van der Waals surface area contributed by atoms with Gasteiger partial charge in [0.15, 0.2) is 0 Å². The Bertz CT molecular complexity index is 410. The number of hydrogen-bond acceptors (Lipinski definition) is 3. The van der Waals surface area contributed by atoms with Crippen LogP contribution in [0.4, 0.5) is 5.69 Å². The first-order valence-electron chi connectivity index (χ1n) is 6.56. The molecular formula is C15H25N3O. The van der Waals surface area contributed by atoms with Gasteiger partial charge in [-0.25, -0.2) is 0 Å². The summed E-state index contributed by atoms with van der Waals surface area (Å²) in [6.45, 7) is 7.39. The Labute approximate surface area is 116 Å². The van der Waals surface area contributed by atoms with Gasteiger partial charge in [-0.1, -0.05) is 17.7 Å².